The maximum atomic E-state index is 4.79. The van der Waals surface area contributed by atoms with Crippen molar-refractivity contribution in [2.24, 2.45) is 0 Å². The lowest BCUT2D eigenvalue weighted by Gasteiger charge is -2.05. The zero-order valence-corrected chi connectivity index (χ0v) is 12.3. The molecule has 0 fully saturated rings. The Morgan fingerprint density at radius 2 is 1.89 bits per heavy atom. The fourth-order valence-electron chi connectivity index (χ4n) is 1.85. The molecule has 0 aromatic heterocycles. The van der Waals surface area contributed by atoms with Gasteiger partial charge in [0, 0.05) is 10.6 Å². The summed E-state index contributed by atoms with van der Waals surface area (Å²) < 4.78 is 0. The Hall–Kier alpha value is -1.32. The molecular formula is C16H17NS2. The number of hydrogen-bond acceptors (Lipinski definition) is 2. The van der Waals surface area contributed by atoms with E-state index in [0.29, 0.717) is 0 Å². The largest absolute Gasteiger partial charge is 0.353 e. The third-order valence-electron chi connectivity index (χ3n) is 2.78. The number of rotatable bonds is 7. The topological polar surface area (TPSA) is 12.0 Å². The van der Waals surface area contributed by atoms with E-state index in [9.17, 15) is 0 Å². The smallest absolute Gasteiger partial charge is 0.0658 e. The van der Waals surface area contributed by atoms with Crippen LogP contribution < -0.4 is 5.32 Å². The third-order valence-corrected chi connectivity index (χ3v) is 3.98. The predicted molar refractivity (Wildman–Crippen MR) is 89.2 cm³/mol. The first-order valence-corrected chi connectivity index (χ1v) is 7.81. The minimum absolute atomic E-state index is 1.06. The maximum Gasteiger partial charge on any atom is 0.0658 e. The molecule has 2 aromatic carbocycles. The zero-order valence-electron chi connectivity index (χ0n) is 10.7. The van der Waals surface area contributed by atoms with E-state index in [1.807, 2.05) is 17.8 Å². The van der Waals surface area contributed by atoms with Crippen LogP contribution in [-0.4, -0.2) is 11.2 Å². The fraction of sp³-hybridized carbons (Fsp3) is 0.188. The molecule has 0 radical (unpaired) electrons. The van der Waals surface area contributed by atoms with Gasteiger partial charge in [-0.15, -0.1) is 11.8 Å². The standard InChI is InChI=1S/C16H17NS2/c18-13-17-15-9-4-10-16(12-15)19-11-5-8-14-6-2-1-3-7-14/h1-4,6-7,9-10,12-13H,5,8,11H2,(H,17,18). The van der Waals surface area contributed by atoms with Crippen LogP contribution in [0, 0.1) is 0 Å². The van der Waals surface area contributed by atoms with Gasteiger partial charge in [-0.3, -0.25) is 0 Å². The van der Waals surface area contributed by atoms with Gasteiger partial charge < -0.3 is 5.32 Å². The van der Waals surface area contributed by atoms with Crippen LogP contribution in [0.4, 0.5) is 5.69 Å². The van der Waals surface area contributed by atoms with Crippen LogP contribution in [0.5, 0.6) is 0 Å². The monoisotopic (exact) mass is 287 g/mol. The van der Waals surface area contributed by atoms with Crippen LogP contribution in [0.25, 0.3) is 0 Å². The lowest BCUT2D eigenvalue weighted by atomic mass is 10.1. The Morgan fingerprint density at radius 3 is 2.68 bits per heavy atom. The van der Waals surface area contributed by atoms with Crippen molar-refractivity contribution < 1.29 is 0 Å². The summed E-state index contributed by atoms with van der Waals surface area (Å²) in [5, 5.41) is 3.04. The third kappa shape index (κ3) is 5.05. The highest BCUT2D eigenvalue weighted by molar-refractivity contribution is 7.99. The minimum Gasteiger partial charge on any atom is -0.353 e. The summed E-state index contributed by atoms with van der Waals surface area (Å²) in [5.74, 6) is 1.13. The molecule has 0 saturated carbocycles. The van der Waals surface area contributed by atoms with Gasteiger partial charge in [0.15, 0.2) is 0 Å². The molecule has 19 heavy (non-hydrogen) atoms. The first kappa shape index (κ1) is 14.1. The Morgan fingerprint density at radius 1 is 1.05 bits per heavy atom. The highest BCUT2D eigenvalue weighted by atomic mass is 32.2. The highest BCUT2D eigenvalue weighted by Gasteiger charge is 1.97. The van der Waals surface area contributed by atoms with Crippen molar-refractivity contribution in [1.29, 1.82) is 0 Å². The molecule has 1 N–H and O–H groups in total. The van der Waals surface area contributed by atoms with Crippen molar-refractivity contribution in [2.75, 3.05) is 11.1 Å². The number of anilines is 1. The van der Waals surface area contributed by atoms with E-state index in [-0.39, 0.29) is 0 Å². The van der Waals surface area contributed by atoms with Gasteiger partial charge in [0.1, 0.15) is 0 Å². The van der Waals surface area contributed by atoms with Crippen LogP contribution in [0.3, 0.4) is 0 Å². The van der Waals surface area contributed by atoms with Crippen molar-refractivity contribution in [3.8, 4) is 0 Å². The van der Waals surface area contributed by atoms with Gasteiger partial charge in [0.25, 0.3) is 0 Å². The average Bonchev–Trinajstić information content (AvgIpc) is 2.46. The Bertz CT molecular complexity index is 511. The van der Waals surface area contributed by atoms with Gasteiger partial charge in [-0.25, -0.2) is 0 Å². The fourth-order valence-corrected chi connectivity index (χ4v) is 2.90. The number of benzene rings is 2. The Labute approximate surface area is 124 Å². The molecule has 0 atom stereocenters. The molecule has 0 amide bonds. The Kier molecular flexibility index (Phi) is 5.92. The van der Waals surface area contributed by atoms with Crippen molar-refractivity contribution in [2.45, 2.75) is 17.7 Å². The van der Waals surface area contributed by atoms with Crippen LogP contribution in [-0.2, 0) is 6.42 Å². The SMILES string of the molecule is S=CNc1cccc(SCCCc2ccccc2)c1. The van der Waals surface area contributed by atoms with Crippen LogP contribution >= 0.6 is 24.0 Å². The number of aryl methyl sites for hydroxylation is 1. The first-order chi connectivity index (χ1) is 9.38. The molecule has 0 unspecified atom stereocenters. The maximum absolute atomic E-state index is 4.79. The normalized spacial score (nSPS) is 10.1. The summed E-state index contributed by atoms with van der Waals surface area (Å²) in [4.78, 5) is 1.29. The van der Waals surface area contributed by atoms with Crippen LogP contribution in [0.15, 0.2) is 59.5 Å². The van der Waals surface area contributed by atoms with Gasteiger partial charge in [0.2, 0.25) is 0 Å². The molecule has 3 heteroatoms. The number of nitrogens with one attached hydrogen (secondary N) is 1. The van der Waals surface area contributed by atoms with E-state index in [4.69, 9.17) is 12.2 Å². The summed E-state index contributed by atoms with van der Waals surface area (Å²) in [6, 6.07) is 19.0. The Balaban J connectivity index is 1.76. The van der Waals surface area contributed by atoms with E-state index in [0.717, 1.165) is 17.9 Å². The number of thiocarbonyl (C=S) groups is 1. The second kappa shape index (κ2) is 7.97. The molecule has 2 aromatic rings. The molecule has 0 aliphatic rings. The lowest BCUT2D eigenvalue weighted by molar-refractivity contribution is 0.933. The minimum atomic E-state index is 1.06. The quantitative estimate of drug-likeness (QED) is 0.447. The van der Waals surface area contributed by atoms with E-state index in [2.05, 4.69) is 53.8 Å². The van der Waals surface area contributed by atoms with Crippen LogP contribution in [0.1, 0.15) is 12.0 Å². The van der Waals surface area contributed by atoms with Crippen molar-refractivity contribution in [3.63, 3.8) is 0 Å². The summed E-state index contributed by atoms with van der Waals surface area (Å²) in [5.41, 5.74) is 4.02. The molecule has 0 spiro atoms. The van der Waals surface area contributed by atoms with E-state index >= 15 is 0 Å². The van der Waals surface area contributed by atoms with E-state index in [1.54, 1.807) is 5.49 Å². The average molecular weight is 287 g/mol. The second-order valence-corrected chi connectivity index (χ2v) is 5.63. The summed E-state index contributed by atoms with van der Waals surface area (Å²) in [6.07, 6.45) is 2.34. The molecule has 0 heterocycles. The molecule has 0 saturated heterocycles. The van der Waals surface area contributed by atoms with Crippen LogP contribution in [0.2, 0.25) is 0 Å². The second-order valence-electron chi connectivity index (χ2n) is 4.23. The predicted octanol–water partition coefficient (Wildman–Crippen LogP) is 4.78. The molecular weight excluding hydrogens is 270 g/mol. The lowest BCUT2D eigenvalue weighted by Crippen LogP contribution is -1.92. The van der Waals surface area contributed by atoms with Crippen molar-refractivity contribution >= 4 is 35.2 Å². The highest BCUT2D eigenvalue weighted by Crippen LogP contribution is 2.22. The summed E-state index contributed by atoms with van der Waals surface area (Å²) >= 11 is 6.69. The van der Waals surface area contributed by atoms with Gasteiger partial charge >= 0.3 is 0 Å². The van der Waals surface area contributed by atoms with Crippen molar-refractivity contribution in [1.82, 2.24) is 0 Å². The molecule has 0 bridgehead atoms. The number of hydrogen-bond donors (Lipinski definition) is 1. The van der Waals surface area contributed by atoms with E-state index < -0.39 is 0 Å². The zero-order chi connectivity index (χ0) is 13.3. The molecule has 98 valence electrons. The van der Waals surface area contributed by atoms with Crippen molar-refractivity contribution in [3.05, 3.63) is 60.2 Å². The van der Waals surface area contributed by atoms with Gasteiger partial charge in [-0.1, -0.05) is 48.6 Å². The molecule has 0 aliphatic carbocycles. The van der Waals surface area contributed by atoms with Gasteiger partial charge in [-0.05, 0) is 42.4 Å². The molecule has 0 aliphatic heterocycles. The van der Waals surface area contributed by atoms with Gasteiger partial charge in [-0.2, -0.15) is 0 Å². The molecule has 2 rings (SSSR count). The number of thioether (sulfide) groups is 1. The first-order valence-electron chi connectivity index (χ1n) is 6.35. The van der Waals surface area contributed by atoms with Gasteiger partial charge in [0.05, 0.1) is 5.49 Å². The molecule has 1 nitrogen and oxygen atoms in total. The van der Waals surface area contributed by atoms with E-state index in [1.165, 1.54) is 16.9 Å². The summed E-state index contributed by atoms with van der Waals surface area (Å²) in [6.45, 7) is 0. The summed E-state index contributed by atoms with van der Waals surface area (Å²) in [7, 11) is 0.